The highest BCUT2D eigenvalue weighted by Gasteiger charge is 2.03. The molecule has 30 heavy (non-hydrogen) atoms. The minimum absolute atomic E-state index is 0.645. The molecule has 2 heteroatoms. The molecule has 0 spiro atoms. The summed E-state index contributed by atoms with van der Waals surface area (Å²) in [7, 11) is 0. The van der Waals surface area contributed by atoms with E-state index in [0.29, 0.717) is 5.92 Å². The van der Waals surface area contributed by atoms with Crippen molar-refractivity contribution in [3.8, 4) is 22.3 Å². The molecule has 2 aromatic carbocycles. The topological polar surface area (TPSA) is 25.8 Å². The summed E-state index contributed by atoms with van der Waals surface area (Å²) in [5, 5.41) is 0. The van der Waals surface area contributed by atoms with Gasteiger partial charge in [0.05, 0.1) is 0 Å². The molecule has 0 bridgehead atoms. The van der Waals surface area contributed by atoms with Crippen molar-refractivity contribution in [1.82, 2.24) is 9.97 Å². The van der Waals surface area contributed by atoms with Crippen molar-refractivity contribution in [1.29, 1.82) is 0 Å². The van der Waals surface area contributed by atoms with Crippen LogP contribution in [-0.4, -0.2) is 9.97 Å². The van der Waals surface area contributed by atoms with E-state index in [2.05, 4.69) is 78.9 Å². The molecule has 4 aromatic rings. The second-order valence-electron chi connectivity index (χ2n) is 7.23. The normalized spacial score (nSPS) is 11.1. The molecule has 0 amide bonds. The van der Waals surface area contributed by atoms with Crippen LogP contribution in [0.15, 0.2) is 104 Å². The van der Waals surface area contributed by atoms with Crippen molar-refractivity contribution >= 4 is 6.08 Å². The van der Waals surface area contributed by atoms with Crippen LogP contribution < -0.4 is 0 Å². The van der Waals surface area contributed by atoms with Gasteiger partial charge in [0.15, 0.2) is 0 Å². The fourth-order valence-electron chi connectivity index (χ4n) is 3.14. The van der Waals surface area contributed by atoms with E-state index in [0.717, 1.165) is 5.56 Å². The van der Waals surface area contributed by atoms with Crippen molar-refractivity contribution in [2.24, 2.45) is 0 Å². The number of aromatic nitrogens is 2. The van der Waals surface area contributed by atoms with Crippen LogP contribution in [0.5, 0.6) is 0 Å². The third kappa shape index (κ3) is 5.74. The molecule has 0 aliphatic heterocycles. The Balaban J connectivity index is 0.000000172. The quantitative estimate of drug-likeness (QED) is 0.348. The van der Waals surface area contributed by atoms with Gasteiger partial charge >= 0.3 is 0 Å². The van der Waals surface area contributed by atoms with Crippen molar-refractivity contribution < 1.29 is 0 Å². The van der Waals surface area contributed by atoms with Gasteiger partial charge in [0.1, 0.15) is 0 Å². The van der Waals surface area contributed by atoms with Gasteiger partial charge in [0.25, 0.3) is 0 Å². The highest BCUT2D eigenvalue weighted by atomic mass is 14.6. The molecule has 0 aliphatic rings. The molecule has 0 fully saturated rings. The lowest BCUT2D eigenvalue weighted by Gasteiger charge is -2.09. The number of hydrogen-bond donors (Lipinski definition) is 0. The maximum absolute atomic E-state index is 4.03. The summed E-state index contributed by atoms with van der Waals surface area (Å²) in [6, 6.07) is 25.2. The van der Waals surface area contributed by atoms with E-state index in [1.54, 1.807) is 12.4 Å². The first-order valence-electron chi connectivity index (χ1n) is 10.3. The van der Waals surface area contributed by atoms with Gasteiger partial charge in [-0.3, -0.25) is 9.97 Å². The molecule has 0 N–H and O–H groups in total. The molecule has 0 radical (unpaired) electrons. The summed E-state index contributed by atoms with van der Waals surface area (Å²) in [6.45, 7) is 8.21. The van der Waals surface area contributed by atoms with Gasteiger partial charge in [0, 0.05) is 24.8 Å². The van der Waals surface area contributed by atoms with E-state index in [1.165, 1.54) is 34.2 Å². The van der Waals surface area contributed by atoms with E-state index in [4.69, 9.17) is 0 Å². The standard InChI is InChI=1S/C15H17N.C13H11N/c1-3-12(2)13-4-6-14(7-5-13)15-8-10-16-11-9-15;1-2-11-3-5-12(6-4-11)13-7-9-14-10-8-13/h4-12H,3H2,1-2H3;2-10H,1H2. The lowest BCUT2D eigenvalue weighted by atomic mass is 9.96. The van der Waals surface area contributed by atoms with Crippen LogP contribution in [0, 0.1) is 0 Å². The Morgan fingerprint density at radius 3 is 1.47 bits per heavy atom. The van der Waals surface area contributed by atoms with Crippen LogP contribution in [0.2, 0.25) is 0 Å². The van der Waals surface area contributed by atoms with Gasteiger partial charge < -0.3 is 0 Å². The van der Waals surface area contributed by atoms with Gasteiger partial charge in [-0.05, 0) is 70.0 Å². The fraction of sp³-hybridized carbons (Fsp3) is 0.143. The monoisotopic (exact) mass is 392 g/mol. The zero-order valence-corrected chi connectivity index (χ0v) is 17.7. The van der Waals surface area contributed by atoms with E-state index < -0.39 is 0 Å². The van der Waals surface area contributed by atoms with Crippen molar-refractivity contribution in [3.63, 3.8) is 0 Å². The smallest absolute Gasteiger partial charge is 0.0273 e. The number of rotatable bonds is 5. The number of pyridine rings is 2. The first-order chi connectivity index (χ1) is 14.7. The molecular weight excluding hydrogens is 364 g/mol. The molecule has 1 atom stereocenters. The van der Waals surface area contributed by atoms with E-state index >= 15 is 0 Å². The number of nitrogens with zero attached hydrogens (tertiary/aromatic N) is 2. The van der Waals surface area contributed by atoms with Crippen molar-refractivity contribution in [2.75, 3.05) is 0 Å². The lowest BCUT2D eigenvalue weighted by molar-refractivity contribution is 0.734. The highest BCUT2D eigenvalue weighted by molar-refractivity contribution is 5.65. The van der Waals surface area contributed by atoms with Gasteiger partial charge in [-0.15, -0.1) is 0 Å². The predicted molar refractivity (Wildman–Crippen MR) is 128 cm³/mol. The molecule has 2 nitrogen and oxygen atoms in total. The Labute approximate surface area is 180 Å². The maximum atomic E-state index is 4.03. The Morgan fingerprint density at radius 1 is 0.667 bits per heavy atom. The van der Waals surface area contributed by atoms with Crippen LogP contribution in [0.4, 0.5) is 0 Å². The second-order valence-corrected chi connectivity index (χ2v) is 7.23. The number of benzene rings is 2. The SMILES string of the molecule is C=Cc1ccc(-c2ccncc2)cc1.CCC(C)c1ccc(-c2ccncc2)cc1. The summed E-state index contributed by atoms with van der Waals surface area (Å²) in [5.74, 6) is 0.645. The first kappa shape index (κ1) is 21.2. The van der Waals surface area contributed by atoms with Crippen LogP contribution in [-0.2, 0) is 0 Å². The molecule has 2 heterocycles. The first-order valence-corrected chi connectivity index (χ1v) is 10.3. The van der Waals surface area contributed by atoms with Crippen molar-refractivity contribution in [3.05, 3.63) is 115 Å². The minimum atomic E-state index is 0.645. The molecule has 0 aliphatic carbocycles. The Hall–Kier alpha value is -3.52. The zero-order chi connectivity index (χ0) is 21.2. The summed E-state index contributed by atoms with van der Waals surface area (Å²) < 4.78 is 0. The van der Waals surface area contributed by atoms with E-state index in [1.807, 2.05) is 42.7 Å². The van der Waals surface area contributed by atoms with E-state index in [9.17, 15) is 0 Å². The summed E-state index contributed by atoms with van der Waals surface area (Å²) >= 11 is 0. The number of hydrogen-bond acceptors (Lipinski definition) is 2. The molecule has 1 unspecified atom stereocenters. The Kier molecular flexibility index (Phi) is 7.68. The zero-order valence-electron chi connectivity index (χ0n) is 17.7. The van der Waals surface area contributed by atoms with Gasteiger partial charge in [-0.2, -0.15) is 0 Å². The molecule has 150 valence electrons. The van der Waals surface area contributed by atoms with Crippen LogP contribution in [0.1, 0.15) is 37.3 Å². The molecule has 2 aromatic heterocycles. The summed E-state index contributed by atoms with van der Waals surface area (Å²) in [6.07, 6.45) is 10.3. The third-order valence-corrected chi connectivity index (χ3v) is 5.27. The average Bonchev–Trinajstić information content (AvgIpc) is 2.85. The molecule has 0 saturated carbocycles. The van der Waals surface area contributed by atoms with Gasteiger partial charge in [0.2, 0.25) is 0 Å². The van der Waals surface area contributed by atoms with Crippen LogP contribution >= 0.6 is 0 Å². The Bertz CT molecular complexity index is 1020. The second kappa shape index (κ2) is 10.9. The summed E-state index contributed by atoms with van der Waals surface area (Å²) in [4.78, 5) is 8.02. The maximum Gasteiger partial charge on any atom is 0.0273 e. The van der Waals surface area contributed by atoms with Crippen molar-refractivity contribution in [2.45, 2.75) is 26.2 Å². The lowest BCUT2D eigenvalue weighted by Crippen LogP contribution is -1.90. The van der Waals surface area contributed by atoms with E-state index in [-0.39, 0.29) is 0 Å². The van der Waals surface area contributed by atoms with Gasteiger partial charge in [-0.25, -0.2) is 0 Å². The fourth-order valence-corrected chi connectivity index (χ4v) is 3.14. The largest absolute Gasteiger partial charge is 0.265 e. The van der Waals surface area contributed by atoms with Crippen LogP contribution in [0.25, 0.3) is 28.3 Å². The third-order valence-electron chi connectivity index (χ3n) is 5.27. The average molecular weight is 393 g/mol. The molecule has 4 rings (SSSR count). The van der Waals surface area contributed by atoms with Gasteiger partial charge in [-0.1, -0.05) is 75.0 Å². The summed E-state index contributed by atoms with van der Waals surface area (Å²) in [5.41, 5.74) is 7.44. The molecular formula is C28H28N2. The highest BCUT2D eigenvalue weighted by Crippen LogP contribution is 2.23. The minimum Gasteiger partial charge on any atom is -0.265 e. The molecule has 0 saturated heterocycles. The predicted octanol–water partition coefficient (Wildman–Crippen LogP) is 7.65. The van der Waals surface area contributed by atoms with Crippen LogP contribution in [0.3, 0.4) is 0 Å². The Morgan fingerprint density at radius 2 is 1.07 bits per heavy atom.